The number of nitrogens with zero attached hydrogens (tertiary/aromatic N) is 3. The second kappa shape index (κ2) is 10.1. The Kier molecular flexibility index (Phi) is 7.24. The highest BCUT2D eigenvalue weighted by Gasteiger charge is 2.14. The summed E-state index contributed by atoms with van der Waals surface area (Å²) in [5, 5.41) is 11.5. The predicted octanol–water partition coefficient (Wildman–Crippen LogP) is 4.31. The van der Waals surface area contributed by atoms with E-state index >= 15 is 0 Å². The lowest BCUT2D eigenvalue weighted by Crippen LogP contribution is -2.15. The van der Waals surface area contributed by atoms with Crippen molar-refractivity contribution in [3.8, 4) is 5.75 Å². The lowest BCUT2D eigenvalue weighted by molar-refractivity contribution is -0.113. The van der Waals surface area contributed by atoms with Crippen LogP contribution < -0.4 is 10.1 Å². The van der Waals surface area contributed by atoms with E-state index in [1.54, 1.807) is 12.1 Å². The topological polar surface area (TPSA) is 69.0 Å². The zero-order chi connectivity index (χ0) is 20.6. The van der Waals surface area contributed by atoms with Gasteiger partial charge in [-0.05, 0) is 43.2 Å². The summed E-state index contributed by atoms with van der Waals surface area (Å²) in [6.45, 7) is 5.02. The number of hydrogen-bond donors (Lipinski definition) is 1. The average Bonchev–Trinajstić information content (AvgIpc) is 3.14. The number of benzene rings is 2. The van der Waals surface area contributed by atoms with Crippen LogP contribution in [0.2, 0.25) is 0 Å². The summed E-state index contributed by atoms with van der Waals surface area (Å²) in [4.78, 5) is 12.1. The molecule has 1 heterocycles. The Morgan fingerprint density at radius 2 is 1.90 bits per heavy atom. The number of hydrogen-bond acceptors (Lipinski definition) is 5. The fraction of sp³-hybridized carbons (Fsp3) is 0.286. The number of aromatic nitrogens is 3. The van der Waals surface area contributed by atoms with Gasteiger partial charge in [-0.15, -0.1) is 10.2 Å². The third-order valence-corrected chi connectivity index (χ3v) is 5.26. The number of rotatable bonds is 9. The number of para-hydroxylation sites is 1. The molecule has 0 saturated carbocycles. The van der Waals surface area contributed by atoms with E-state index in [-0.39, 0.29) is 24.0 Å². The number of amides is 1. The molecule has 152 valence electrons. The first-order valence-corrected chi connectivity index (χ1v) is 10.4. The van der Waals surface area contributed by atoms with Crippen LogP contribution in [0.25, 0.3) is 0 Å². The molecule has 3 aromatic rings. The molecule has 0 unspecified atom stereocenters. The van der Waals surface area contributed by atoms with Crippen LogP contribution in [0.5, 0.6) is 5.75 Å². The SMILES string of the molecule is CCc1ccc(OCc2nnc(SCC(=O)Nc3ccccc3F)n2CC)cc1. The standard InChI is InChI=1S/C21H23FN4O2S/c1-3-15-9-11-16(12-10-15)28-13-19-24-25-21(26(19)4-2)29-14-20(27)23-18-8-6-5-7-17(18)22/h5-12H,3-4,13-14H2,1-2H3,(H,23,27). The number of aryl methyl sites for hydroxylation is 1. The average molecular weight is 415 g/mol. The van der Waals surface area contributed by atoms with Crippen molar-refractivity contribution >= 4 is 23.4 Å². The van der Waals surface area contributed by atoms with Crippen LogP contribution in [0.3, 0.4) is 0 Å². The third-order valence-electron chi connectivity index (χ3n) is 4.29. The van der Waals surface area contributed by atoms with Gasteiger partial charge in [0, 0.05) is 6.54 Å². The molecule has 29 heavy (non-hydrogen) atoms. The first-order valence-electron chi connectivity index (χ1n) is 9.41. The van der Waals surface area contributed by atoms with E-state index in [0.29, 0.717) is 17.5 Å². The van der Waals surface area contributed by atoms with Crippen molar-refractivity contribution < 1.29 is 13.9 Å². The summed E-state index contributed by atoms with van der Waals surface area (Å²) in [5.41, 5.74) is 1.42. The highest BCUT2D eigenvalue weighted by atomic mass is 32.2. The molecular formula is C21H23FN4O2S. The Hall–Kier alpha value is -2.87. The summed E-state index contributed by atoms with van der Waals surface area (Å²) < 4.78 is 21.4. The Bertz CT molecular complexity index is 960. The zero-order valence-corrected chi connectivity index (χ0v) is 17.2. The van der Waals surface area contributed by atoms with Gasteiger partial charge in [-0.2, -0.15) is 0 Å². The maximum atomic E-state index is 13.6. The van der Waals surface area contributed by atoms with Crippen molar-refractivity contribution in [1.29, 1.82) is 0 Å². The van der Waals surface area contributed by atoms with Gasteiger partial charge in [0.1, 0.15) is 18.2 Å². The summed E-state index contributed by atoms with van der Waals surface area (Å²) in [6, 6.07) is 14.0. The minimum atomic E-state index is -0.464. The zero-order valence-electron chi connectivity index (χ0n) is 16.4. The van der Waals surface area contributed by atoms with Crippen molar-refractivity contribution in [3.05, 3.63) is 65.7 Å². The molecule has 0 radical (unpaired) electrons. The molecule has 0 spiro atoms. The number of anilines is 1. The van der Waals surface area contributed by atoms with Crippen molar-refractivity contribution in [3.63, 3.8) is 0 Å². The molecule has 6 nitrogen and oxygen atoms in total. The second-order valence-corrected chi connectivity index (χ2v) is 7.19. The number of carbonyl (C=O) groups excluding carboxylic acids is 1. The minimum Gasteiger partial charge on any atom is -0.486 e. The minimum absolute atomic E-state index is 0.103. The van der Waals surface area contributed by atoms with Crippen molar-refractivity contribution in [2.45, 2.75) is 38.6 Å². The van der Waals surface area contributed by atoms with Crippen molar-refractivity contribution in [1.82, 2.24) is 14.8 Å². The summed E-state index contributed by atoms with van der Waals surface area (Å²) >= 11 is 1.25. The molecule has 8 heteroatoms. The summed E-state index contributed by atoms with van der Waals surface area (Å²) in [5.74, 6) is 0.787. The Morgan fingerprint density at radius 3 is 2.59 bits per heavy atom. The molecular weight excluding hydrogens is 391 g/mol. The molecule has 1 N–H and O–H groups in total. The van der Waals surface area contributed by atoms with Crippen LogP contribution in [-0.2, 0) is 24.4 Å². The van der Waals surface area contributed by atoms with Crippen molar-refractivity contribution in [2.75, 3.05) is 11.1 Å². The van der Waals surface area contributed by atoms with Gasteiger partial charge in [0.2, 0.25) is 5.91 Å². The third kappa shape index (κ3) is 5.57. The molecule has 0 atom stereocenters. The van der Waals surface area contributed by atoms with Crippen molar-refractivity contribution in [2.24, 2.45) is 0 Å². The molecule has 0 saturated heterocycles. The van der Waals surface area contributed by atoms with Crippen LogP contribution in [0, 0.1) is 5.82 Å². The highest BCUT2D eigenvalue weighted by molar-refractivity contribution is 7.99. The van der Waals surface area contributed by atoms with Gasteiger partial charge in [0.05, 0.1) is 11.4 Å². The molecule has 1 amide bonds. The number of thioether (sulfide) groups is 1. The normalized spacial score (nSPS) is 10.7. The molecule has 0 aliphatic heterocycles. The van der Waals surface area contributed by atoms with Gasteiger partial charge in [-0.25, -0.2) is 4.39 Å². The molecule has 0 fully saturated rings. The number of ether oxygens (including phenoxy) is 1. The first kappa shape index (κ1) is 20.9. The molecule has 0 aliphatic carbocycles. The highest BCUT2D eigenvalue weighted by Crippen LogP contribution is 2.20. The largest absolute Gasteiger partial charge is 0.486 e. The fourth-order valence-electron chi connectivity index (χ4n) is 2.70. The second-order valence-electron chi connectivity index (χ2n) is 6.25. The molecule has 3 rings (SSSR count). The summed E-state index contributed by atoms with van der Waals surface area (Å²) in [6.07, 6.45) is 0.982. The van der Waals surface area contributed by atoms with Crippen LogP contribution in [0.15, 0.2) is 53.7 Å². The van der Waals surface area contributed by atoms with Gasteiger partial charge in [-0.1, -0.05) is 43.0 Å². The first-order chi connectivity index (χ1) is 14.1. The van der Waals surface area contributed by atoms with Gasteiger partial charge in [0.25, 0.3) is 0 Å². The predicted molar refractivity (Wildman–Crippen MR) is 112 cm³/mol. The van der Waals surface area contributed by atoms with E-state index in [9.17, 15) is 9.18 Å². The van der Waals surface area contributed by atoms with E-state index in [1.165, 1.54) is 29.5 Å². The van der Waals surface area contributed by atoms with Crippen LogP contribution in [0.4, 0.5) is 10.1 Å². The molecule has 1 aromatic heterocycles. The Balaban J connectivity index is 1.57. The van der Waals surface area contributed by atoms with Crippen LogP contribution in [-0.4, -0.2) is 26.4 Å². The monoisotopic (exact) mass is 414 g/mol. The lowest BCUT2D eigenvalue weighted by Gasteiger charge is -2.09. The van der Waals surface area contributed by atoms with Gasteiger partial charge < -0.3 is 14.6 Å². The number of halogens is 1. The fourth-order valence-corrected chi connectivity index (χ4v) is 3.52. The van der Waals surface area contributed by atoms with E-state index in [2.05, 4.69) is 22.4 Å². The smallest absolute Gasteiger partial charge is 0.234 e. The lowest BCUT2D eigenvalue weighted by atomic mass is 10.2. The number of carbonyl (C=O) groups is 1. The van der Waals surface area contributed by atoms with E-state index in [4.69, 9.17) is 4.74 Å². The van der Waals surface area contributed by atoms with E-state index in [1.807, 2.05) is 35.8 Å². The Morgan fingerprint density at radius 1 is 1.14 bits per heavy atom. The molecule has 0 aliphatic rings. The summed E-state index contributed by atoms with van der Waals surface area (Å²) in [7, 11) is 0. The van der Waals surface area contributed by atoms with Gasteiger partial charge >= 0.3 is 0 Å². The van der Waals surface area contributed by atoms with Crippen LogP contribution >= 0.6 is 11.8 Å². The molecule has 2 aromatic carbocycles. The maximum absolute atomic E-state index is 13.6. The van der Waals surface area contributed by atoms with E-state index in [0.717, 1.165) is 12.2 Å². The van der Waals surface area contributed by atoms with Crippen LogP contribution in [0.1, 0.15) is 25.2 Å². The number of nitrogens with one attached hydrogen (secondary N) is 1. The molecule has 0 bridgehead atoms. The van der Waals surface area contributed by atoms with E-state index < -0.39 is 5.82 Å². The van der Waals surface area contributed by atoms with Gasteiger partial charge in [0.15, 0.2) is 11.0 Å². The van der Waals surface area contributed by atoms with Gasteiger partial charge in [-0.3, -0.25) is 4.79 Å². The maximum Gasteiger partial charge on any atom is 0.234 e. The Labute approximate surface area is 173 Å². The quantitative estimate of drug-likeness (QED) is 0.529.